The molecule has 0 unspecified atom stereocenters. The molecule has 1 amide bonds. The molecule has 4 rings (SSSR count). The number of aromatic nitrogens is 5. The molecule has 0 fully saturated rings. The maximum Gasteiger partial charge on any atom is 0.272 e. The van der Waals surface area contributed by atoms with Crippen molar-refractivity contribution in [3.8, 4) is 0 Å². The van der Waals surface area contributed by atoms with Crippen LogP contribution in [0, 0.1) is 0 Å². The minimum absolute atomic E-state index is 0.145. The van der Waals surface area contributed by atoms with Crippen molar-refractivity contribution < 1.29 is 4.79 Å². The normalized spacial score (nSPS) is 13.4. The number of H-pyrrole nitrogens is 1. The lowest BCUT2D eigenvalue weighted by Gasteiger charge is -2.13. The van der Waals surface area contributed by atoms with E-state index in [2.05, 4.69) is 30.9 Å². The van der Waals surface area contributed by atoms with Crippen molar-refractivity contribution in [1.29, 1.82) is 0 Å². The molecule has 0 saturated carbocycles. The predicted octanol–water partition coefficient (Wildman–Crippen LogP) is 0.625. The fourth-order valence-corrected chi connectivity index (χ4v) is 2.94. The fraction of sp³-hybridized carbons (Fsp3) is 0.294. The first-order valence-electron chi connectivity index (χ1n) is 8.25. The highest BCUT2D eigenvalue weighted by Gasteiger charge is 2.21. The third kappa shape index (κ3) is 3.43. The Morgan fingerprint density at radius 3 is 2.88 bits per heavy atom. The molecule has 3 N–H and O–H groups in total. The Hall–Kier alpha value is -3.00. The van der Waals surface area contributed by atoms with Crippen molar-refractivity contribution in [2.75, 3.05) is 6.54 Å². The first kappa shape index (κ1) is 15.5. The summed E-state index contributed by atoms with van der Waals surface area (Å²) in [6, 6.07) is 8.08. The zero-order valence-corrected chi connectivity index (χ0v) is 13.7. The summed E-state index contributed by atoms with van der Waals surface area (Å²) < 4.78 is 1.77. The molecule has 8 heteroatoms. The quantitative estimate of drug-likeness (QED) is 0.634. The van der Waals surface area contributed by atoms with Crippen LogP contribution in [0.5, 0.6) is 0 Å². The van der Waals surface area contributed by atoms with Crippen molar-refractivity contribution in [2.24, 2.45) is 0 Å². The van der Waals surface area contributed by atoms with Crippen LogP contribution in [0.4, 0.5) is 0 Å². The van der Waals surface area contributed by atoms with Gasteiger partial charge in [0, 0.05) is 37.3 Å². The second kappa shape index (κ2) is 6.86. The van der Waals surface area contributed by atoms with Crippen LogP contribution in [0.1, 0.15) is 32.9 Å². The number of aromatic amines is 1. The highest BCUT2D eigenvalue weighted by atomic mass is 16.1. The number of nitrogens with one attached hydrogen (secondary N) is 3. The average Bonchev–Trinajstić information content (AvgIpc) is 3.30. The van der Waals surface area contributed by atoms with Crippen molar-refractivity contribution >= 4 is 5.91 Å². The summed E-state index contributed by atoms with van der Waals surface area (Å²) in [4.78, 5) is 16.3. The van der Waals surface area contributed by atoms with Crippen LogP contribution >= 0.6 is 0 Å². The number of nitrogens with zero attached hydrogens (tertiary/aromatic N) is 4. The zero-order chi connectivity index (χ0) is 17.1. The van der Waals surface area contributed by atoms with Gasteiger partial charge in [0.1, 0.15) is 12.7 Å². The third-order valence-electron chi connectivity index (χ3n) is 4.31. The van der Waals surface area contributed by atoms with Crippen LogP contribution in [0.2, 0.25) is 0 Å². The van der Waals surface area contributed by atoms with E-state index in [4.69, 9.17) is 0 Å². The Morgan fingerprint density at radius 1 is 1.24 bits per heavy atom. The summed E-state index contributed by atoms with van der Waals surface area (Å²) in [5, 5.41) is 17.4. The number of rotatable bonds is 5. The minimum Gasteiger partial charge on any atom is -0.347 e. The minimum atomic E-state index is -0.145. The summed E-state index contributed by atoms with van der Waals surface area (Å²) in [5.41, 5.74) is 4.70. The average molecular weight is 337 g/mol. The van der Waals surface area contributed by atoms with Gasteiger partial charge in [-0.2, -0.15) is 10.2 Å². The Balaban J connectivity index is 1.36. The predicted molar refractivity (Wildman–Crippen MR) is 90.7 cm³/mol. The number of benzene rings is 1. The molecule has 0 bridgehead atoms. The SMILES string of the molecule is O=C(NCc1ccc(Cn2cncn2)cc1)c1n[nH]c2c1CNCC2. The van der Waals surface area contributed by atoms with Crippen LogP contribution in [0.25, 0.3) is 0 Å². The largest absolute Gasteiger partial charge is 0.347 e. The molecule has 2 aromatic heterocycles. The van der Waals surface area contributed by atoms with Gasteiger partial charge in [-0.1, -0.05) is 24.3 Å². The van der Waals surface area contributed by atoms with Gasteiger partial charge in [-0.05, 0) is 11.1 Å². The van der Waals surface area contributed by atoms with Gasteiger partial charge in [0.2, 0.25) is 0 Å². The molecular formula is C17H19N7O. The number of fused-ring (bicyclic) bond motifs is 1. The van der Waals surface area contributed by atoms with E-state index in [1.165, 1.54) is 6.33 Å². The summed E-state index contributed by atoms with van der Waals surface area (Å²) in [5.74, 6) is -0.145. The summed E-state index contributed by atoms with van der Waals surface area (Å²) in [7, 11) is 0. The number of carbonyl (C=O) groups excluding carboxylic acids is 1. The molecular weight excluding hydrogens is 318 g/mol. The monoisotopic (exact) mass is 337 g/mol. The van der Waals surface area contributed by atoms with E-state index in [1.54, 1.807) is 11.0 Å². The van der Waals surface area contributed by atoms with E-state index in [1.807, 2.05) is 24.3 Å². The highest BCUT2D eigenvalue weighted by Crippen LogP contribution is 2.15. The first-order valence-corrected chi connectivity index (χ1v) is 8.25. The number of hydrogen-bond donors (Lipinski definition) is 3. The third-order valence-corrected chi connectivity index (χ3v) is 4.31. The van der Waals surface area contributed by atoms with Crippen molar-refractivity contribution in [3.05, 3.63) is 65.0 Å². The van der Waals surface area contributed by atoms with Crippen LogP contribution in [-0.4, -0.2) is 37.4 Å². The number of hydrogen-bond acceptors (Lipinski definition) is 5. The van der Waals surface area contributed by atoms with Crippen LogP contribution in [-0.2, 0) is 26.1 Å². The van der Waals surface area contributed by atoms with Gasteiger partial charge in [-0.3, -0.25) is 9.89 Å². The van der Waals surface area contributed by atoms with Crippen molar-refractivity contribution in [1.82, 2.24) is 35.6 Å². The zero-order valence-electron chi connectivity index (χ0n) is 13.7. The maximum atomic E-state index is 12.4. The lowest BCUT2D eigenvalue weighted by Crippen LogP contribution is -2.28. The van der Waals surface area contributed by atoms with Crippen molar-refractivity contribution in [3.63, 3.8) is 0 Å². The molecule has 128 valence electrons. The van der Waals surface area contributed by atoms with Crippen LogP contribution in [0.15, 0.2) is 36.9 Å². The Morgan fingerprint density at radius 2 is 2.08 bits per heavy atom. The van der Waals surface area contributed by atoms with E-state index in [0.29, 0.717) is 25.3 Å². The molecule has 1 aliphatic heterocycles. The van der Waals surface area contributed by atoms with Gasteiger partial charge >= 0.3 is 0 Å². The lowest BCUT2D eigenvalue weighted by molar-refractivity contribution is 0.0944. The van der Waals surface area contributed by atoms with E-state index in [9.17, 15) is 4.79 Å². The number of amides is 1. The van der Waals surface area contributed by atoms with E-state index in [-0.39, 0.29) is 5.91 Å². The smallest absolute Gasteiger partial charge is 0.272 e. The Bertz CT molecular complexity index is 852. The molecule has 0 saturated heterocycles. The number of carbonyl (C=O) groups is 1. The van der Waals surface area contributed by atoms with Gasteiger partial charge in [-0.15, -0.1) is 0 Å². The van der Waals surface area contributed by atoms with Gasteiger partial charge in [0.15, 0.2) is 5.69 Å². The Kier molecular flexibility index (Phi) is 4.26. The maximum absolute atomic E-state index is 12.4. The molecule has 0 atom stereocenters. The van der Waals surface area contributed by atoms with Gasteiger partial charge in [0.25, 0.3) is 5.91 Å². The van der Waals surface area contributed by atoms with Gasteiger partial charge in [0.05, 0.1) is 6.54 Å². The molecule has 25 heavy (non-hydrogen) atoms. The molecule has 1 aliphatic rings. The van der Waals surface area contributed by atoms with Crippen molar-refractivity contribution in [2.45, 2.75) is 26.1 Å². The molecule has 8 nitrogen and oxygen atoms in total. The summed E-state index contributed by atoms with van der Waals surface area (Å²) in [6.45, 7) is 2.75. The molecule has 1 aromatic carbocycles. The van der Waals surface area contributed by atoms with Gasteiger partial charge in [-0.25, -0.2) is 9.67 Å². The topological polar surface area (TPSA) is 101 Å². The highest BCUT2D eigenvalue weighted by molar-refractivity contribution is 5.94. The van der Waals surface area contributed by atoms with Crippen LogP contribution in [0.3, 0.4) is 0 Å². The summed E-state index contributed by atoms with van der Waals surface area (Å²) in [6.07, 6.45) is 4.09. The molecule has 3 heterocycles. The second-order valence-electron chi connectivity index (χ2n) is 6.05. The van der Waals surface area contributed by atoms with E-state index < -0.39 is 0 Å². The Labute approximate surface area is 144 Å². The standard InChI is InChI=1S/C17H19N7O/c25-17(16-14-8-18-6-5-15(14)22-23-16)20-7-12-1-3-13(4-2-12)9-24-11-19-10-21-24/h1-4,10-11,18H,5-9H2,(H,20,25)(H,22,23). The second-order valence-corrected chi connectivity index (χ2v) is 6.05. The van der Waals surface area contributed by atoms with Crippen LogP contribution < -0.4 is 10.6 Å². The molecule has 0 radical (unpaired) electrons. The molecule has 0 aliphatic carbocycles. The summed E-state index contributed by atoms with van der Waals surface area (Å²) >= 11 is 0. The van der Waals surface area contributed by atoms with E-state index >= 15 is 0 Å². The van der Waals surface area contributed by atoms with Gasteiger partial charge < -0.3 is 10.6 Å². The van der Waals surface area contributed by atoms with E-state index in [0.717, 1.165) is 35.3 Å². The lowest BCUT2D eigenvalue weighted by atomic mass is 10.1. The first-order chi connectivity index (χ1) is 12.3. The molecule has 0 spiro atoms. The molecule has 3 aromatic rings. The fourth-order valence-electron chi connectivity index (χ4n) is 2.94.